The van der Waals surface area contributed by atoms with Gasteiger partial charge in [0.15, 0.2) is 5.92 Å². The molecular formula is C15H20O5. The van der Waals surface area contributed by atoms with E-state index in [1.165, 1.54) is 0 Å². The Morgan fingerprint density at radius 3 is 2.20 bits per heavy atom. The zero-order valence-corrected chi connectivity index (χ0v) is 12.0. The van der Waals surface area contributed by atoms with Crippen molar-refractivity contribution in [1.82, 2.24) is 0 Å². The molecule has 0 saturated heterocycles. The average Bonchev–Trinajstić information content (AvgIpc) is 2.45. The molecule has 0 aromatic heterocycles. The van der Waals surface area contributed by atoms with Crippen molar-refractivity contribution in [2.45, 2.75) is 20.3 Å². The maximum Gasteiger partial charge on any atom is 0.320 e. The number of esters is 2. The fourth-order valence-electron chi connectivity index (χ4n) is 1.78. The van der Waals surface area contributed by atoms with Crippen LogP contribution in [0.5, 0.6) is 5.75 Å². The van der Waals surface area contributed by atoms with Crippen LogP contribution < -0.4 is 4.74 Å². The van der Waals surface area contributed by atoms with Crippen molar-refractivity contribution in [3.63, 3.8) is 0 Å². The molecule has 110 valence electrons. The van der Waals surface area contributed by atoms with Gasteiger partial charge in [0.2, 0.25) is 0 Å². The zero-order chi connectivity index (χ0) is 15.0. The highest BCUT2D eigenvalue weighted by molar-refractivity contribution is 5.95. The lowest BCUT2D eigenvalue weighted by Gasteiger charge is -2.14. The van der Waals surface area contributed by atoms with Crippen LogP contribution in [0, 0.1) is 5.92 Å². The summed E-state index contributed by atoms with van der Waals surface area (Å²) in [4.78, 5) is 23.7. The van der Waals surface area contributed by atoms with Crippen LogP contribution in [0.25, 0.3) is 0 Å². The minimum Gasteiger partial charge on any atom is -0.497 e. The molecule has 1 rings (SSSR count). The Kier molecular flexibility index (Phi) is 6.56. The third-order valence-corrected chi connectivity index (χ3v) is 2.72. The van der Waals surface area contributed by atoms with E-state index >= 15 is 0 Å². The molecule has 5 heteroatoms. The van der Waals surface area contributed by atoms with E-state index in [-0.39, 0.29) is 19.6 Å². The topological polar surface area (TPSA) is 61.8 Å². The standard InChI is InChI=1S/C15H20O5/c1-4-19-14(16)13(15(17)20-5-2)10-11-7-6-8-12(9-11)18-3/h6-9,13H,4-5,10H2,1-3H3/i3+1. The molecule has 1 aromatic rings. The van der Waals surface area contributed by atoms with E-state index in [0.717, 1.165) is 5.56 Å². The number of hydrogen-bond acceptors (Lipinski definition) is 5. The maximum absolute atomic E-state index is 11.9. The van der Waals surface area contributed by atoms with E-state index in [1.807, 2.05) is 12.1 Å². The first kappa shape index (κ1) is 16.0. The molecule has 0 spiro atoms. The first-order valence-corrected chi connectivity index (χ1v) is 6.58. The molecule has 0 aliphatic carbocycles. The number of ether oxygens (including phenoxy) is 3. The quantitative estimate of drug-likeness (QED) is 0.434. The summed E-state index contributed by atoms with van der Waals surface area (Å²) in [5.41, 5.74) is 0.815. The summed E-state index contributed by atoms with van der Waals surface area (Å²) in [6.07, 6.45) is 0.231. The normalized spacial score (nSPS) is 10.2. The average molecular weight is 281 g/mol. The number of hydrogen-bond donors (Lipinski definition) is 0. The Morgan fingerprint density at radius 2 is 1.70 bits per heavy atom. The number of carbonyl (C=O) groups excluding carboxylic acids is 2. The van der Waals surface area contributed by atoms with E-state index < -0.39 is 17.9 Å². The first-order valence-electron chi connectivity index (χ1n) is 6.58. The highest BCUT2D eigenvalue weighted by Crippen LogP contribution is 2.18. The Morgan fingerprint density at radius 1 is 1.10 bits per heavy atom. The van der Waals surface area contributed by atoms with Crippen molar-refractivity contribution in [1.29, 1.82) is 0 Å². The highest BCUT2D eigenvalue weighted by atomic mass is 16.6. The Balaban J connectivity index is 2.87. The number of carbonyl (C=O) groups is 2. The smallest absolute Gasteiger partial charge is 0.320 e. The molecule has 1 aromatic carbocycles. The molecule has 0 N–H and O–H groups in total. The third-order valence-electron chi connectivity index (χ3n) is 2.72. The van der Waals surface area contributed by atoms with Crippen molar-refractivity contribution in [2.24, 2.45) is 5.92 Å². The van der Waals surface area contributed by atoms with Crippen LogP contribution in [0.3, 0.4) is 0 Å². The van der Waals surface area contributed by atoms with Gasteiger partial charge in [-0.25, -0.2) is 0 Å². The van der Waals surface area contributed by atoms with Gasteiger partial charge in [-0.15, -0.1) is 0 Å². The van der Waals surface area contributed by atoms with E-state index in [2.05, 4.69) is 0 Å². The fourth-order valence-corrected chi connectivity index (χ4v) is 1.78. The monoisotopic (exact) mass is 281 g/mol. The Hall–Kier alpha value is -2.04. The molecule has 0 amide bonds. The molecule has 0 heterocycles. The van der Waals surface area contributed by atoms with Crippen LogP contribution in [0.1, 0.15) is 19.4 Å². The predicted molar refractivity (Wildman–Crippen MR) is 73.5 cm³/mol. The van der Waals surface area contributed by atoms with E-state index in [9.17, 15) is 9.59 Å². The molecule has 0 aliphatic heterocycles. The highest BCUT2D eigenvalue weighted by Gasteiger charge is 2.29. The molecule has 0 saturated carbocycles. The van der Waals surface area contributed by atoms with Crippen LogP contribution in [0.4, 0.5) is 0 Å². The fraction of sp³-hybridized carbons (Fsp3) is 0.467. The van der Waals surface area contributed by atoms with Gasteiger partial charge >= 0.3 is 11.9 Å². The van der Waals surface area contributed by atoms with E-state index in [0.29, 0.717) is 5.75 Å². The van der Waals surface area contributed by atoms with Crippen molar-refractivity contribution in [3.8, 4) is 5.75 Å². The summed E-state index contributed by atoms with van der Waals surface area (Å²) in [7, 11) is 1.56. The van der Waals surface area contributed by atoms with Crippen molar-refractivity contribution < 1.29 is 23.8 Å². The van der Waals surface area contributed by atoms with Gasteiger partial charge < -0.3 is 14.2 Å². The summed E-state index contributed by atoms with van der Waals surface area (Å²) >= 11 is 0. The second kappa shape index (κ2) is 8.19. The van der Waals surface area contributed by atoms with Gasteiger partial charge in [0.25, 0.3) is 0 Å². The molecular weight excluding hydrogens is 261 g/mol. The zero-order valence-electron chi connectivity index (χ0n) is 12.0. The second-order valence-electron chi connectivity index (χ2n) is 4.11. The molecule has 0 fully saturated rings. The molecule has 0 unspecified atom stereocenters. The Bertz CT molecular complexity index is 437. The lowest BCUT2D eigenvalue weighted by Crippen LogP contribution is -2.30. The van der Waals surface area contributed by atoms with Gasteiger partial charge in [0.1, 0.15) is 5.75 Å². The lowest BCUT2D eigenvalue weighted by molar-refractivity contribution is -0.161. The minimum atomic E-state index is -0.943. The second-order valence-corrected chi connectivity index (χ2v) is 4.11. The van der Waals surface area contributed by atoms with Crippen LogP contribution >= 0.6 is 0 Å². The molecule has 0 aliphatic rings. The first-order chi connectivity index (χ1) is 9.62. The van der Waals surface area contributed by atoms with Gasteiger partial charge in [0.05, 0.1) is 20.3 Å². The van der Waals surface area contributed by atoms with E-state index in [4.69, 9.17) is 14.2 Å². The molecule has 0 bridgehead atoms. The number of methoxy groups -OCH3 is 1. The van der Waals surface area contributed by atoms with Gasteiger partial charge in [-0.1, -0.05) is 12.1 Å². The molecule has 5 nitrogen and oxygen atoms in total. The summed E-state index contributed by atoms with van der Waals surface area (Å²) in [6, 6.07) is 7.22. The summed E-state index contributed by atoms with van der Waals surface area (Å²) < 4.78 is 15.0. The molecule has 20 heavy (non-hydrogen) atoms. The maximum atomic E-state index is 11.9. The summed E-state index contributed by atoms with van der Waals surface area (Å²) in [5.74, 6) is -1.39. The molecule has 0 radical (unpaired) electrons. The third kappa shape index (κ3) is 4.57. The van der Waals surface area contributed by atoms with Crippen LogP contribution in [-0.2, 0) is 25.5 Å². The summed E-state index contributed by atoms with van der Waals surface area (Å²) in [5, 5.41) is 0. The Labute approximate surface area is 118 Å². The van der Waals surface area contributed by atoms with Crippen molar-refractivity contribution in [2.75, 3.05) is 20.3 Å². The van der Waals surface area contributed by atoms with Gasteiger partial charge in [-0.2, -0.15) is 0 Å². The van der Waals surface area contributed by atoms with Crippen LogP contribution in [-0.4, -0.2) is 32.3 Å². The van der Waals surface area contributed by atoms with Crippen molar-refractivity contribution in [3.05, 3.63) is 29.8 Å². The molecule has 0 atom stereocenters. The number of benzene rings is 1. The predicted octanol–water partition coefficient (Wildman–Crippen LogP) is 1.98. The van der Waals surface area contributed by atoms with Gasteiger partial charge in [-0.3, -0.25) is 9.59 Å². The van der Waals surface area contributed by atoms with Crippen LogP contribution in [0.15, 0.2) is 24.3 Å². The lowest BCUT2D eigenvalue weighted by atomic mass is 9.99. The largest absolute Gasteiger partial charge is 0.497 e. The minimum absolute atomic E-state index is 0.229. The summed E-state index contributed by atoms with van der Waals surface area (Å²) in [6.45, 7) is 3.86. The van der Waals surface area contributed by atoms with E-state index in [1.54, 1.807) is 33.1 Å². The van der Waals surface area contributed by atoms with Crippen LogP contribution in [0.2, 0.25) is 0 Å². The number of rotatable bonds is 7. The SMILES string of the molecule is CCOC(=O)C(Cc1cccc(O[13CH3])c1)C(=O)OCC. The van der Waals surface area contributed by atoms with Gasteiger partial charge in [-0.05, 0) is 38.0 Å². The van der Waals surface area contributed by atoms with Crippen molar-refractivity contribution >= 4 is 11.9 Å². The van der Waals surface area contributed by atoms with Gasteiger partial charge in [0, 0.05) is 0 Å².